The van der Waals surface area contributed by atoms with Gasteiger partial charge in [0.25, 0.3) is 0 Å². The van der Waals surface area contributed by atoms with Crippen molar-refractivity contribution in [3.05, 3.63) is 223 Å². The minimum Gasteiger partial charge on any atom is -0.373 e. The summed E-state index contributed by atoms with van der Waals surface area (Å²) in [5.41, 5.74) is 12.7. The van der Waals surface area contributed by atoms with Crippen LogP contribution in [0.4, 0.5) is 0 Å². The molecule has 6 aromatic carbocycles. The zero-order chi connectivity index (χ0) is 37.9. The molecule has 0 atom stereocenters. The second-order valence-electron chi connectivity index (χ2n) is 13.7. The standard InChI is InChI=1S/C40H32N4.C10H9N2.Ir/c1-3-10-35(11-4-1)37-27-41-43(29-37)39-22-18-31(19-23-39)14-16-33-8-7-9-34(26-33)17-15-32-20-24-40(25-21-32)44-30-38(28-42-44)36-12-5-2-6-13-36;1-12-8-7-11-10(12)9-5-3-2-4-6-9;/h1-13,18-22,24,26-30H,14-17H2;2-5,7-8H,1H3;/q-2;-1;+3. The normalized spacial score (nSPS) is 10.7. The topological polar surface area (TPSA) is 53.5 Å². The van der Waals surface area contributed by atoms with Crippen molar-refractivity contribution in [2.45, 2.75) is 25.7 Å². The van der Waals surface area contributed by atoms with E-state index >= 15 is 0 Å². The van der Waals surface area contributed by atoms with Crippen LogP contribution in [-0.4, -0.2) is 29.1 Å². The predicted octanol–water partition coefficient (Wildman–Crippen LogP) is 10.4. The Morgan fingerprint density at radius 2 is 1.04 bits per heavy atom. The summed E-state index contributed by atoms with van der Waals surface area (Å²) in [6.07, 6.45) is 15.6. The van der Waals surface area contributed by atoms with Crippen LogP contribution in [0, 0.1) is 18.2 Å². The van der Waals surface area contributed by atoms with Crippen LogP contribution >= 0.6 is 0 Å². The maximum atomic E-state index is 4.54. The van der Waals surface area contributed by atoms with Crippen molar-refractivity contribution < 1.29 is 20.1 Å². The number of aromatic nitrogens is 6. The molecule has 0 radical (unpaired) electrons. The van der Waals surface area contributed by atoms with Gasteiger partial charge in [0.05, 0.1) is 18.2 Å². The quantitative estimate of drug-likeness (QED) is 0.122. The van der Waals surface area contributed by atoms with Gasteiger partial charge in [0.1, 0.15) is 0 Å². The maximum Gasteiger partial charge on any atom is 3.00 e. The van der Waals surface area contributed by atoms with E-state index in [1.54, 1.807) is 6.20 Å². The molecule has 0 fully saturated rings. The molecule has 3 heterocycles. The largest absolute Gasteiger partial charge is 3.00 e. The predicted molar refractivity (Wildman–Crippen MR) is 224 cm³/mol. The Kier molecular flexibility index (Phi) is 12.9. The third kappa shape index (κ3) is 10.1. The number of aryl methyl sites for hydroxylation is 5. The van der Waals surface area contributed by atoms with Crippen molar-refractivity contribution in [2.75, 3.05) is 0 Å². The van der Waals surface area contributed by atoms with E-state index in [4.69, 9.17) is 0 Å². The van der Waals surface area contributed by atoms with Crippen molar-refractivity contribution >= 4 is 0 Å². The van der Waals surface area contributed by atoms with Crippen molar-refractivity contribution in [3.63, 3.8) is 0 Å². The first-order valence-corrected chi connectivity index (χ1v) is 18.9. The van der Waals surface area contributed by atoms with Gasteiger partial charge in [-0.05, 0) is 46.5 Å². The molecule has 0 saturated carbocycles. The van der Waals surface area contributed by atoms with Gasteiger partial charge >= 0.3 is 20.1 Å². The van der Waals surface area contributed by atoms with Crippen LogP contribution in [0.3, 0.4) is 0 Å². The minimum absolute atomic E-state index is 0. The molecular formula is C50H41IrN6. The molecule has 0 aliphatic heterocycles. The third-order valence-electron chi connectivity index (χ3n) is 9.76. The molecule has 0 aliphatic rings. The van der Waals surface area contributed by atoms with E-state index in [1.165, 1.54) is 22.3 Å². The molecule has 0 N–H and O–H groups in total. The second kappa shape index (κ2) is 19.0. The Morgan fingerprint density at radius 1 is 0.509 bits per heavy atom. The first kappa shape index (κ1) is 38.9. The van der Waals surface area contributed by atoms with Crippen LogP contribution in [0.5, 0.6) is 0 Å². The van der Waals surface area contributed by atoms with Crippen molar-refractivity contribution in [3.8, 4) is 45.0 Å². The summed E-state index contributed by atoms with van der Waals surface area (Å²) in [5.74, 6) is 0.954. The monoisotopic (exact) mass is 918 g/mol. The Bertz CT molecular complexity index is 2430. The van der Waals surface area contributed by atoms with Crippen LogP contribution in [0.15, 0.2) is 183 Å². The molecule has 280 valence electrons. The van der Waals surface area contributed by atoms with Gasteiger partial charge in [-0.15, -0.1) is 48.0 Å². The fraction of sp³-hybridized carbons (Fsp3) is 0.100. The smallest absolute Gasteiger partial charge is 0.373 e. The van der Waals surface area contributed by atoms with Gasteiger partial charge < -0.3 is 4.57 Å². The molecular weight excluding hydrogens is 877 g/mol. The van der Waals surface area contributed by atoms with E-state index in [2.05, 4.69) is 131 Å². The van der Waals surface area contributed by atoms with Crippen LogP contribution in [0.1, 0.15) is 22.3 Å². The molecule has 0 bridgehead atoms. The molecule has 0 saturated heterocycles. The van der Waals surface area contributed by atoms with E-state index in [-0.39, 0.29) is 20.1 Å². The summed E-state index contributed by atoms with van der Waals surface area (Å²) >= 11 is 0. The molecule has 0 aliphatic carbocycles. The molecule has 7 heteroatoms. The number of rotatable bonds is 11. The van der Waals surface area contributed by atoms with Crippen LogP contribution in [-0.2, 0) is 52.8 Å². The first-order valence-electron chi connectivity index (χ1n) is 18.9. The van der Waals surface area contributed by atoms with E-state index < -0.39 is 0 Å². The molecule has 0 amide bonds. The first-order chi connectivity index (χ1) is 27.6. The summed E-state index contributed by atoms with van der Waals surface area (Å²) in [7, 11) is 1.98. The van der Waals surface area contributed by atoms with E-state index in [0.717, 1.165) is 70.7 Å². The number of imidazole rings is 1. The maximum absolute atomic E-state index is 4.54. The zero-order valence-corrected chi connectivity index (χ0v) is 34.1. The molecule has 0 spiro atoms. The van der Waals surface area contributed by atoms with Gasteiger partial charge in [-0.3, -0.25) is 14.3 Å². The van der Waals surface area contributed by atoms with Crippen LogP contribution < -0.4 is 0 Å². The number of nitrogens with zero attached hydrogens (tertiary/aromatic N) is 6. The fourth-order valence-corrected chi connectivity index (χ4v) is 6.64. The van der Waals surface area contributed by atoms with Gasteiger partial charge in [0.2, 0.25) is 0 Å². The zero-order valence-electron chi connectivity index (χ0n) is 31.7. The van der Waals surface area contributed by atoms with Crippen LogP contribution in [0.25, 0.3) is 45.0 Å². The Hall–Kier alpha value is -6.40. The summed E-state index contributed by atoms with van der Waals surface area (Å²) < 4.78 is 5.76. The average Bonchev–Trinajstić information content (AvgIpc) is 4.06. The number of hydrogen-bond donors (Lipinski definition) is 0. The van der Waals surface area contributed by atoms with Crippen molar-refractivity contribution in [1.82, 2.24) is 29.1 Å². The van der Waals surface area contributed by atoms with Gasteiger partial charge in [-0.2, -0.15) is 57.7 Å². The molecule has 3 aromatic heterocycles. The third-order valence-corrected chi connectivity index (χ3v) is 9.76. The molecule has 6 nitrogen and oxygen atoms in total. The summed E-state index contributed by atoms with van der Waals surface area (Å²) in [6.45, 7) is 0. The molecule has 0 unspecified atom stereocenters. The van der Waals surface area contributed by atoms with Gasteiger partial charge in [-0.1, -0.05) is 97.8 Å². The van der Waals surface area contributed by atoms with Crippen molar-refractivity contribution in [2.24, 2.45) is 7.05 Å². The average molecular weight is 918 g/mol. The molecule has 57 heavy (non-hydrogen) atoms. The van der Waals surface area contributed by atoms with E-state index in [0.29, 0.717) is 0 Å². The molecule has 9 rings (SSSR count). The summed E-state index contributed by atoms with van der Waals surface area (Å²) in [6, 6.07) is 60.2. The SMILES string of the molecule is Cn1ccnc1-c1[c-]cccc1.[Ir+3].[c-]1cc(CCc2cccc(CCc3c[c-]c(-n4cc(-c5ccccc5)cn4)cc3)c2)ccc1-n1cc(-c2ccccc2)cn1. The Balaban J connectivity index is 0.000000326. The fourth-order valence-electron chi connectivity index (χ4n) is 6.64. The Labute approximate surface area is 348 Å². The van der Waals surface area contributed by atoms with Gasteiger partial charge in [-0.25, -0.2) is 0 Å². The van der Waals surface area contributed by atoms with Crippen LogP contribution in [0.2, 0.25) is 0 Å². The van der Waals surface area contributed by atoms with Gasteiger partial charge in [0.15, 0.2) is 0 Å². The number of hydrogen-bond acceptors (Lipinski definition) is 3. The van der Waals surface area contributed by atoms with E-state index in [9.17, 15) is 0 Å². The number of benzene rings is 6. The summed E-state index contributed by atoms with van der Waals surface area (Å²) in [5, 5.41) is 9.09. The molecule has 9 aromatic rings. The second-order valence-corrected chi connectivity index (χ2v) is 13.7. The minimum atomic E-state index is 0. The van der Waals surface area contributed by atoms with Crippen molar-refractivity contribution in [1.29, 1.82) is 0 Å². The summed E-state index contributed by atoms with van der Waals surface area (Å²) in [4.78, 5) is 4.22. The van der Waals surface area contributed by atoms with Gasteiger partial charge in [0, 0.05) is 43.0 Å². The Morgan fingerprint density at radius 3 is 1.49 bits per heavy atom. The van der Waals surface area contributed by atoms with E-state index in [1.807, 2.05) is 100 Å².